The quantitative estimate of drug-likeness (QED) is 0.762. The molecule has 1 aliphatic heterocycles. The standard InChI is InChI=1S/C20H29BO2/c1-13-8-16(18-11-14-6-7-15(18)10-14)12-17(9-13)21-22-19(2,3)20(4,5)23-21/h8-9,12,14-15,18H,6-7,10-11H2,1-5H3. The molecule has 2 bridgehead atoms. The normalized spacial score (nSPS) is 34.3. The zero-order valence-electron chi connectivity index (χ0n) is 15.2. The van der Waals surface area contributed by atoms with Crippen LogP contribution in [0.4, 0.5) is 0 Å². The maximum Gasteiger partial charge on any atom is 0.494 e. The van der Waals surface area contributed by atoms with Gasteiger partial charge in [-0.15, -0.1) is 0 Å². The van der Waals surface area contributed by atoms with Gasteiger partial charge in [0.15, 0.2) is 0 Å². The lowest BCUT2D eigenvalue weighted by molar-refractivity contribution is 0.00578. The largest absolute Gasteiger partial charge is 0.494 e. The van der Waals surface area contributed by atoms with E-state index in [9.17, 15) is 0 Å². The molecule has 0 aromatic heterocycles. The minimum atomic E-state index is -0.270. The molecule has 4 rings (SSSR count). The first-order chi connectivity index (χ1) is 10.7. The Labute approximate surface area is 141 Å². The maximum atomic E-state index is 6.26. The molecule has 3 unspecified atom stereocenters. The lowest BCUT2D eigenvalue weighted by atomic mass is 9.74. The molecule has 3 aliphatic rings. The first-order valence-electron chi connectivity index (χ1n) is 9.22. The van der Waals surface area contributed by atoms with Crippen LogP contribution >= 0.6 is 0 Å². The maximum absolute atomic E-state index is 6.26. The highest BCUT2D eigenvalue weighted by atomic mass is 16.7. The van der Waals surface area contributed by atoms with Gasteiger partial charge in [-0.2, -0.15) is 0 Å². The van der Waals surface area contributed by atoms with Gasteiger partial charge in [-0.25, -0.2) is 0 Å². The Bertz CT molecular complexity index is 606. The molecular formula is C20H29BO2. The van der Waals surface area contributed by atoms with Crippen LogP contribution in [0.1, 0.15) is 70.4 Å². The van der Waals surface area contributed by atoms with Crippen molar-refractivity contribution in [2.45, 2.75) is 77.4 Å². The van der Waals surface area contributed by atoms with Crippen molar-refractivity contribution in [1.29, 1.82) is 0 Å². The van der Waals surface area contributed by atoms with E-state index in [1.807, 2.05) is 0 Å². The number of fused-ring (bicyclic) bond motifs is 2. The summed E-state index contributed by atoms with van der Waals surface area (Å²) in [5.41, 5.74) is 3.50. The van der Waals surface area contributed by atoms with Crippen molar-refractivity contribution in [3.8, 4) is 0 Å². The summed E-state index contributed by atoms with van der Waals surface area (Å²) < 4.78 is 12.5. The average molecular weight is 312 g/mol. The average Bonchev–Trinajstić information content (AvgIpc) is 3.12. The van der Waals surface area contributed by atoms with Crippen LogP contribution in [0, 0.1) is 18.8 Å². The van der Waals surface area contributed by atoms with E-state index in [-0.39, 0.29) is 18.3 Å². The van der Waals surface area contributed by atoms with E-state index < -0.39 is 0 Å². The van der Waals surface area contributed by atoms with Crippen LogP contribution in [0.15, 0.2) is 18.2 Å². The minimum absolute atomic E-state index is 0.239. The highest BCUT2D eigenvalue weighted by molar-refractivity contribution is 6.62. The molecular weight excluding hydrogens is 283 g/mol. The SMILES string of the molecule is Cc1cc(B2OC(C)(C)C(C)(C)O2)cc(C2CC3CCC2C3)c1. The summed E-state index contributed by atoms with van der Waals surface area (Å²) in [7, 11) is -0.239. The highest BCUT2D eigenvalue weighted by Gasteiger charge is 2.52. The summed E-state index contributed by atoms with van der Waals surface area (Å²) >= 11 is 0. The molecule has 1 aromatic carbocycles. The summed E-state index contributed by atoms with van der Waals surface area (Å²) in [6, 6.07) is 6.99. The molecule has 1 heterocycles. The Morgan fingerprint density at radius 2 is 1.65 bits per heavy atom. The lowest BCUT2D eigenvalue weighted by Gasteiger charge is -2.32. The van der Waals surface area contributed by atoms with Gasteiger partial charge in [-0.1, -0.05) is 30.2 Å². The van der Waals surface area contributed by atoms with Gasteiger partial charge < -0.3 is 9.31 Å². The third-order valence-electron chi connectivity index (χ3n) is 6.81. The Hall–Kier alpha value is -0.795. The number of benzene rings is 1. The van der Waals surface area contributed by atoms with Gasteiger partial charge in [-0.3, -0.25) is 0 Å². The fourth-order valence-electron chi connectivity index (χ4n) is 4.83. The molecule has 0 amide bonds. The molecule has 124 valence electrons. The van der Waals surface area contributed by atoms with Gasteiger partial charge >= 0.3 is 7.12 Å². The predicted octanol–water partition coefficient (Wildman–Crippen LogP) is 4.20. The first kappa shape index (κ1) is 15.7. The van der Waals surface area contributed by atoms with E-state index in [0.29, 0.717) is 0 Å². The molecule has 23 heavy (non-hydrogen) atoms. The second kappa shape index (κ2) is 5.10. The summed E-state index contributed by atoms with van der Waals surface area (Å²) in [5, 5.41) is 0. The molecule has 0 N–H and O–H groups in total. The molecule has 3 fully saturated rings. The predicted molar refractivity (Wildman–Crippen MR) is 95.1 cm³/mol. The van der Waals surface area contributed by atoms with Crippen molar-refractivity contribution in [3.63, 3.8) is 0 Å². The van der Waals surface area contributed by atoms with Gasteiger partial charge in [0.1, 0.15) is 0 Å². The molecule has 0 radical (unpaired) electrons. The minimum Gasteiger partial charge on any atom is -0.399 e. The summed E-state index contributed by atoms with van der Waals surface area (Å²) in [6.45, 7) is 10.7. The van der Waals surface area contributed by atoms with Crippen molar-refractivity contribution < 1.29 is 9.31 Å². The van der Waals surface area contributed by atoms with Crippen LogP contribution in [0.2, 0.25) is 0 Å². The Balaban J connectivity index is 1.63. The molecule has 1 saturated heterocycles. The second-order valence-electron chi connectivity index (χ2n) is 9.05. The summed E-state index contributed by atoms with van der Waals surface area (Å²) in [5.74, 6) is 2.65. The fraction of sp³-hybridized carbons (Fsp3) is 0.700. The van der Waals surface area contributed by atoms with Gasteiger partial charge in [0, 0.05) is 0 Å². The van der Waals surface area contributed by atoms with E-state index >= 15 is 0 Å². The molecule has 2 saturated carbocycles. The van der Waals surface area contributed by atoms with Crippen molar-refractivity contribution in [2.75, 3.05) is 0 Å². The zero-order chi connectivity index (χ0) is 16.4. The molecule has 3 heteroatoms. The highest BCUT2D eigenvalue weighted by Crippen LogP contribution is 2.52. The Morgan fingerprint density at radius 3 is 2.22 bits per heavy atom. The number of aryl methyl sites for hydroxylation is 1. The van der Waals surface area contributed by atoms with E-state index in [1.165, 1.54) is 42.3 Å². The number of rotatable bonds is 2. The first-order valence-corrected chi connectivity index (χ1v) is 9.22. The fourth-order valence-corrected chi connectivity index (χ4v) is 4.83. The molecule has 2 aliphatic carbocycles. The lowest BCUT2D eigenvalue weighted by Crippen LogP contribution is -2.41. The van der Waals surface area contributed by atoms with E-state index in [1.54, 1.807) is 0 Å². The van der Waals surface area contributed by atoms with Gasteiger partial charge in [-0.05, 0) is 82.7 Å². The third-order valence-corrected chi connectivity index (χ3v) is 6.81. The second-order valence-corrected chi connectivity index (χ2v) is 9.05. The topological polar surface area (TPSA) is 18.5 Å². The summed E-state index contributed by atoms with van der Waals surface area (Å²) in [6.07, 6.45) is 5.72. The van der Waals surface area contributed by atoms with Gasteiger partial charge in [0.05, 0.1) is 11.2 Å². The van der Waals surface area contributed by atoms with Crippen molar-refractivity contribution in [1.82, 2.24) is 0 Å². The van der Waals surface area contributed by atoms with Crippen LogP contribution in [-0.4, -0.2) is 18.3 Å². The molecule has 2 nitrogen and oxygen atoms in total. The van der Waals surface area contributed by atoms with Gasteiger partial charge in [0.25, 0.3) is 0 Å². The van der Waals surface area contributed by atoms with E-state index in [0.717, 1.165) is 17.8 Å². The number of hydrogen-bond acceptors (Lipinski definition) is 2. The zero-order valence-corrected chi connectivity index (χ0v) is 15.2. The van der Waals surface area contributed by atoms with Crippen LogP contribution in [-0.2, 0) is 9.31 Å². The smallest absolute Gasteiger partial charge is 0.399 e. The molecule has 1 aromatic rings. The van der Waals surface area contributed by atoms with Crippen molar-refractivity contribution in [3.05, 3.63) is 29.3 Å². The van der Waals surface area contributed by atoms with Crippen molar-refractivity contribution in [2.24, 2.45) is 11.8 Å². The third kappa shape index (κ3) is 2.57. The number of hydrogen-bond donors (Lipinski definition) is 0. The molecule has 3 atom stereocenters. The van der Waals surface area contributed by atoms with E-state index in [2.05, 4.69) is 52.8 Å². The van der Waals surface area contributed by atoms with E-state index in [4.69, 9.17) is 9.31 Å². The van der Waals surface area contributed by atoms with Crippen molar-refractivity contribution >= 4 is 12.6 Å². The van der Waals surface area contributed by atoms with Crippen LogP contribution in [0.5, 0.6) is 0 Å². The Kier molecular flexibility index (Phi) is 3.48. The van der Waals surface area contributed by atoms with Crippen LogP contribution < -0.4 is 5.46 Å². The van der Waals surface area contributed by atoms with Gasteiger partial charge in [0.2, 0.25) is 0 Å². The molecule has 0 spiro atoms. The van der Waals surface area contributed by atoms with Crippen LogP contribution in [0.3, 0.4) is 0 Å². The summed E-state index contributed by atoms with van der Waals surface area (Å²) in [4.78, 5) is 0. The monoisotopic (exact) mass is 312 g/mol. The Morgan fingerprint density at radius 1 is 0.957 bits per heavy atom. The van der Waals surface area contributed by atoms with Crippen LogP contribution in [0.25, 0.3) is 0 Å².